The topological polar surface area (TPSA) is 61.8 Å². The second-order valence-electron chi connectivity index (χ2n) is 3.10. The van der Waals surface area contributed by atoms with E-state index in [4.69, 9.17) is 4.74 Å². The van der Waals surface area contributed by atoms with Crippen molar-refractivity contribution in [3.05, 3.63) is 21.8 Å². The monoisotopic (exact) mass is 412 g/mol. The molecule has 0 aliphatic heterocycles. The van der Waals surface area contributed by atoms with E-state index < -0.39 is 21.4 Å². The molecule has 0 aliphatic carbocycles. The summed E-state index contributed by atoms with van der Waals surface area (Å²) in [6, 6.07) is 3.83. The van der Waals surface area contributed by atoms with Gasteiger partial charge in [-0.3, -0.25) is 0 Å². The Labute approximate surface area is 120 Å². The van der Waals surface area contributed by atoms with Crippen molar-refractivity contribution in [2.24, 2.45) is 0 Å². The highest BCUT2D eigenvalue weighted by molar-refractivity contribution is 14.1. The maximum atomic E-state index is 12.2. The third-order valence-electron chi connectivity index (χ3n) is 1.74. The van der Waals surface area contributed by atoms with Crippen molar-refractivity contribution in [3.63, 3.8) is 0 Å². The van der Waals surface area contributed by atoms with Gasteiger partial charge in [0.25, 0.3) is 0 Å². The first-order valence-corrected chi connectivity index (χ1v) is 7.08. The third-order valence-corrected chi connectivity index (χ3v) is 3.77. The summed E-state index contributed by atoms with van der Waals surface area (Å²) in [7, 11) is -4.34. The fourth-order valence-corrected chi connectivity index (χ4v) is 2.20. The number of hydrogen-bond donors (Lipinski definition) is 0. The van der Waals surface area contributed by atoms with Crippen molar-refractivity contribution in [1.82, 2.24) is 0 Å². The van der Waals surface area contributed by atoms with Gasteiger partial charge in [0.1, 0.15) is 5.75 Å². The van der Waals surface area contributed by atoms with Crippen molar-refractivity contribution in [2.75, 3.05) is 13.9 Å². The smallest absolute Gasteiger partial charge is 0.466 e. The van der Waals surface area contributed by atoms with E-state index in [9.17, 15) is 21.6 Å². The van der Waals surface area contributed by atoms with E-state index in [0.29, 0.717) is 0 Å². The molecule has 0 fully saturated rings. The minimum atomic E-state index is -5.70. The van der Waals surface area contributed by atoms with Crippen LogP contribution >= 0.6 is 22.6 Å². The molecule has 0 radical (unpaired) electrons. The van der Waals surface area contributed by atoms with Gasteiger partial charge in [-0.1, -0.05) is 6.07 Å². The number of benzene rings is 1. The predicted molar refractivity (Wildman–Crippen MR) is 67.3 cm³/mol. The van der Waals surface area contributed by atoms with Gasteiger partial charge >= 0.3 is 15.6 Å². The van der Waals surface area contributed by atoms with Crippen LogP contribution in [-0.2, 0) is 14.9 Å². The minimum Gasteiger partial charge on any atom is -0.466 e. The van der Waals surface area contributed by atoms with E-state index in [0.717, 1.165) is 6.07 Å². The van der Waals surface area contributed by atoms with Crippen LogP contribution in [-0.4, -0.2) is 27.8 Å². The lowest BCUT2D eigenvalue weighted by Gasteiger charge is -2.13. The lowest BCUT2D eigenvalue weighted by molar-refractivity contribution is -0.0500. The van der Waals surface area contributed by atoms with Crippen LogP contribution in [0.4, 0.5) is 13.2 Å². The van der Waals surface area contributed by atoms with Crippen molar-refractivity contribution >= 4 is 32.7 Å². The zero-order valence-corrected chi connectivity index (χ0v) is 12.4. The summed E-state index contributed by atoms with van der Waals surface area (Å²) in [4.78, 5) is 0. The highest BCUT2D eigenvalue weighted by Crippen LogP contribution is 2.34. The standard InChI is InChI=1S/C9H8F3IO5S/c1-16-5-17-6-3-2-4-7(8(6)13)18-19(14,15)9(10,11)12/h2-4H,5H2,1H3. The molecule has 10 heteroatoms. The average Bonchev–Trinajstić information content (AvgIpc) is 2.28. The molecule has 0 bridgehead atoms. The van der Waals surface area contributed by atoms with Crippen LogP contribution in [0, 0.1) is 3.57 Å². The quantitative estimate of drug-likeness (QED) is 0.322. The van der Waals surface area contributed by atoms with Gasteiger partial charge in [0.15, 0.2) is 12.5 Å². The molecule has 0 amide bonds. The fraction of sp³-hybridized carbons (Fsp3) is 0.333. The first-order valence-electron chi connectivity index (χ1n) is 4.60. The number of ether oxygens (including phenoxy) is 2. The molecule has 0 atom stereocenters. The molecule has 0 unspecified atom stereocenters. The SMILES string of the molecule is COCOc1cccc(OS(=O)(=O)C(F)(F)F)c1I. The molecule has 0 saturated heterocycles. The molecule has 0 saturated carbocycles. The lowest BCUT2D eigenvalue weighted by Crippen LogP contribution is -2.28. The van der Waals surface area contributed by atoms with Crippen molar-refractivity contribution in [3.8, 4) is 11.5 Å². The zero-order valence-electron chi connectivity index (χ0n) is 9.40. The Bertz CT molecular complexity index is 543. The maximum Gasteiger partial charge on any atom is 0.534 e. The Morgan fingerprint density at radius 1 is 1.26 bits per heavy atom. The van der Waals surface area contributed by atoms with Crippen LogP contribution in [0.1, 0.15) is 0 Å². The van der Waals surface area contributed by atoms with Gasteiger partial charge in [0.2, 0.25) is 0 Å². The predicted octanol–water partition coefficient (Wildman–Crippen LogP) is 2.50. The summed E-state index contributed by atoms with van der Waals surface area (Å²) in [5, 5.41) is 0. The second-order valence-corrected chi connectivity index (χ2v) is 5.72. The molecule has 5 nitrogen and oxygen atoms in total. The first kappa shape index (κ1) is 16.3. The molecule has 0 aliphatic rings. The van der Waals surface area contributed by atoms with Crippen LogP contribution in [0.15, 0.2) is 18.2 Å². The number of alkyl halides is 3. The Morgan fingerprint density at radius 2 is 1.84 bits per heavy atom. The van der Waals surface area contributed by atoms with Gasteiger partial charge in [-0.25, -0.2) is 0 Å². The molecule has 0 N–H and O–H groups in total. The van der Waals surface area contributed by atoms with E-state index in [1.807, 2.05) is 0 Å². The Balaban J connectivity index is 3.03. The van der Waals surface area contributed by atoms with E-state index in [2.05, 4.69) is 8.92 Å². The molecule has 1 aromatic rings. The summed E-state index contributed by atoms with van der Waals surface area (Å²) in [6.45, 7) is -0.133. The Hall–Kier alpha value is -0.750. The Morgan fingerprint density at radius 3 is 2.37 bits per heavy atom. The van der Waals surface area contributed by atoms with Gasteiger partial charge in [-0.05, 0) is 34.7 Å². The minimum absolute atomic E-state index is 0.0879. The summed E-state index contributed by atoms with van der Waals surface area (Å²) in [6.07, 6.45) is 0. The van der Waals surface area contributed by atoms with E-state index in [1.54, 1.807) is 22.6 Å². The van der Waals surface area contributed by atoms with Gasteiger partial charge in [0, 0.05) is 7.11 Å². The molecule has 1 rings (SSSR count). The van der Waals surface area contributed by atoms with Crippen LogP contribution in [0.3, 0.4) is 0 Å². The van der Waals surface area contributed by atoms with Crippen LogP contribution in [0.25, 0.3) is 0 Å². The van der Waals surface area contributed by atoms with Gasteiger partial charge < -0.3 is 13.7 Å². The van der Waals surface area contributed by atoms with E-state index >= 15 is 0 Å². The van der Waals surface area contributed by atoms with Crippen molar-refractivity contribution < 1.29 is 35.2 Å². The van der Waals surface area contributed by atoms with Gasteiger partial charge in [-0.2, -0.15) is 21.6 Å². The Kier molecular flexibility index (Phi) is 5.26. The normalized spacial score (nSPS) is 12.3. The van der Waals surface area contributed by atoms with E-state index in [-0.39, 0.29) is 16.1 Å². The molecule has 0 heterocycles. The van der Waals surface area contributed by atoms with Crippen LogP contribution < -0.4 is 8.92 Å². The van der Waals surface area contributed by atoms with Gasteiger partial charge in [-0.15, -0.1) is 0 Å². The molecule has 0 spiro atoms. The van der Waals surface area contributed by atoms with Gasteiger partial charge in [0.05, 0.1) is 3.57 Å². The summed E-state index contributed by atoms with van der Waals surface area (Å²) in [5.74, 6) is -0.316. The number of hydrogen-bond acceptors (Lipinski definition) is 5. The zero-order chi connectivity index (χ0) is 14.7. The number of halogens is 4. The molecule has 0 aromatic heterocycles. The maximum absolute atomic E-state index is 12.2. The fourth-order valence-electron chi connectivity index (χ4n) is 0.954. The van der Waals surface area contributed by atoms with Crippen molar-refractivity contribution in [2.45, 2.75) is 5.51 Å². The summed E-state index contributed by atoms with van der Waals surface area (Å²) >= 11 is 1.61. The number of rotatable bonds is 5. The molecule has 1 aromatic carbocycles. The highest BCUT2D eigenvalue weighted by atomic mass is 127. The van der Waals surface area contributed by atoms with Crippen molar-refractivity contribution in [1.29, 1.82) is 0 Å². The highest BCUT2D eigenvalue weighted by Gasteiger charge is 2.48. The second kappa shape index (κ2) is 6.13. The molecular weight excluding hydrogens is 404 g/mol. The first-order chi connectivity index (χ1) is 8.69. The molecular formula is C9H8F3IO5S. The lowest BCUT2D eigenvalue weighted by atomic mass is 10.3. The molecule has 108 valence electrons. The summed E-state index contributed by atoms with van der Waals surface area (Å²) < 4.78 is 72.1. The number of methoxy groups -OCH3 is 1. The largest absolute Gasteiger partial charge is 0.534 e. The average molecular weight is 412 g/mol. The summed E-state index contributed by atoms with van der Waals surface area (Å²) in [5.41, 5.74) is -5.49. The van der Waals surface area contributed by atoms with E-state index in [1.165, 1.54) is 19.2 Å². The molecule has 19 heavy (non-hydrogen) atoms. The third kappa shape index (κ3) is 4.11. The van der Waals surface area contributed by atoms with Crippen LogP contribution in [0.2, 0.25) is 0 Å². The van der Waals surface area contributed by atoms with Crippen LogP contribution in [0.5, 0.6) is 11.5 Å².